The van der Waals surface area contributed by atoms with E-state index in [-0.39, 0.29) is 11.7 Å². The highest BCUT2D eigenvalue weighted by Crippen LogP contribution is 2.93. The summed E-state index contributed by atoms with van der Waals surface area (Å²) in [7, 11) is 0. The summed E-state index contributed by atoms with van der Waals surface area (Å²) in [6.07, 6.45) is 15.5. The predicted molar refractivity (Wildman–Crippen MR) is 171 cm³/mol. The summed E-state index contributed by atoms with van der Waals surface area (Å²) in [5, 5.41) is 10.5. The fourth-order valence-corrected chi connectivity index (χ4v) is 13.6. The number of nitrogens with zero attached hydrogens (tertiary/aromatic N) is 1. The number of aliphatic hydroxyl groups is 1. The lowest BCUT2D eigenvalue weighted by atomic mass is 9.47. The van der Waals surface area contributed by atoms with Gasteiger partial charge in [0.2, 0.25) is 0 Å². The molecule has 2 aliphatic heterocycles. The molecule has 232 valence electrons. The minimum absolute atomic E-state index is 0.143. The van der Waals surface area contributed by atoms with Gasteiger partial charge in [-0.15, -0.1) is 0 Å². The number of hydrogen-bond donors (Lipinski definition) is 1. The number of para-hydroxylation sites is 1. The molecule has 0 bridgehead atoms. The average molecular weight is 592 g/mol. The van der Waals surface area contributed by atoms with Crippen LogP contribution in [0, 0.1) is 45.8 Å². The minimum atomic E-state index is -0.208. The van der Waals surface area contributed by atoms with Gasteiger partial charge in [-0.3, -0.25) is 4.90 Å². The van der Waals surface area contributed by atoms with Crippen LogP contribution in [0.1, 0.15) is 83.6 Å². The van der Waals surface area contributed by atoms with Crippen LogP contribution in [0.15, 0.2) is 66.2 Å². The van der Waals surface area contributed by atoms with Gasteiger partial charge in [0.05, 0.1) is 17.8 Å². The van der Waals surface area contributed by atoms with Crippen molar-refractivity contribution < 1.29 is 14.6 Å². The SMILES string of the molecule is C[C@H]1C[C@H]2O[C@@]34CC[C@H]5C6CCC7=C[C@@H](O)CC[C@]7(C)[C@H]6CC56CC63C[C@@H]4[C@@H]2N(Cc2ccc(Oc3ccccc3)cc2)C1. The number of fused-ring (bicyclic) bond motifs is 6. The van der Waals surface area contributed by atoms with Crippen molar-refractivity contribution in [3.05, 3.63) is 71.8 Å². The van der Waals surface area contributed by atoms with Crippen LogP contribution in [0.5, 0.6) is 11.5 Å². The zero-order valence-corrected chi connectivity index (χ0v) is 26.6. The molecule has 1 N–H and O–H groups in total. The van der Waals surface area contributed by atoms with Crippen molar-refractivity contribution in [3.63, 3.8) is 0 Å². The first-order valence-electron chi connectivity index (χ1n) is 18.0. The number of piperidine rings is 1. The van der Waals surface area contributed by atoms with E-state index in [0.717, 1.165) is 42.2 Å². The Bertz CT molecular complexity index is 1500. The molecule has 8 aliphatic rings. The fourth-order valence-electron chi connectivity index (χ4n) is 13.6. The zero-order chi connectivity index (χ0) is 29.5. The normalized spacial score (nSPS) is 49.6. The lowest BCUT2D eigenvalue weighted by Gasteiger charge is -2.60. The Balaban J connectivity index is 0.899. The highest BCUT2D eigenvalue weighted by Gasteiger charge is 2.91. The van der Waals surface area contributed by atoms with Crippen molar-refractivity contribution in [1.82, 2.24) is 4.90 Å². The van der Waals surface area contributed by atoms with Gasteiger partial charge in [0, 0.05) is 30.5 Å². The Morgan fingerprint density at radius 2 is 1.75 bits per heavy atom. The summed E-state index contributed by atoms with van der Waals surface area (Å²) in [4.78, 5) is 2.83. The Kier molecular flexibility index (Phi) is 5.54. The number of benzene rings is 2. The van der Waals surface area contributed by atoms with E-state index in [0.29, 0.717) is 40.2 Å². The summed E-state index contributed by atoms with van der Waals surface area (Å²) in [6.45, 7) is 7.23. The van der Waals surface area contributed by atoms with Gasteiger partial charge in [0.25, 0.3) is 0 Å². The largest absolute Gasteiger partial charge is 0.457 e. The first kappa shape index (κ1) is 27.0. The summed E-state index contributed by atoms with van der Waals surface area (Å²) >= 11 is 0. The molecule has 0 aromatic heterocycles. The Morgan fingerprint density at radius 3 is 2.59 bits per heavy atom. The maximum absolute atomic E-state index is 10.5. The molecule has 0 radical (unpaired) electrons. The number of ether oxygens (including phenoxy) is 2. The smallest absolute Gasteiger partial charge is 0.127 e. The van der Waals surface area contributed by atoms with Crippen LogP contribution >= 0.6 is 0 Å². The van der Waals surface area contributed by atoms with Crippen molar-refractivity contribution in [2.45, 2.75) is 108 Å². The van der Waals surface area contributed by atoms with Crippen LogP contribution in [-0.2, 0) is 11.3 Å². The lowest BCUT2D eigenvalue weighted by Crippen LogP contribution is -2.64. The topological polar surface area (TPSA) is 41.9 Å². The molecule has 2 aromatic carbocycles. The molecule has 6 aliphatic carbocycles. The second-order valence-corrected chi connectivity index (χ2v) is 17.0. The van der Waals surface area contributed by atoms with E-state index in [1.807, 2.05) is 30.3 Å². The van der Waals surface area contributed by atoms with Crippen molar-refractivity contribution >= 4 is 0 Å². The number of rotatable bonds is 4. The van der Waals surface area contributed by atoms with E-state index in [1.165, 1.54) is 69.9 Å². The summed E-state index contributed by atoms with van der Waals surface area (Å²) in [5.41, 5.74) is 4.47. The van der Waals surface area contributed by atoms with Gasteiger partial charge in [-0.25, -0.2) is 0 Å². The van der Waals surface area contributed by atoms with Gasteiger partial charge >= 0.3 is 0 Å². The molecule has 3 spiro atoms. The van der Waals surface area contributed by atoms with Crippen molar-refractivity contribution in [2.24, 2.45) is 45.8 Å². The monoisotopic (exact) mass is 591 g/mol. The summed E-state index contributed by atoms with van der Waals surface area (Å²) in [5.74, 6) is 5.81. The molecule has 5 saturated carbocycles. The second kappa shape index (κ2) is 9.02. The van der Waals surface area contributed by atoms with Crippen LogP contribution in [0.3, 0.4) is 0 Å². The van der Waals surface area contributed by atoms with Crippen LogP contribution in [0.4, 0.5) is 0 Å². The van der Waals surface area contributed by atoms with Crippen LogP contribution in [-0.4, -0.2) is 40.4 Å². The summed E-state index contributed by atoms with van der Waals surface area (Å²) in [6, 6.07) is 19.5. The molecule has 10 rings (SSSR count). The van der Waals surface area contributed by atoms with Gasteiger partial charge in [-0.2, -0.15) is 0 Å². The molecule has 4 heteroatoms. The molecule has 2 aromatic rings. The lowest BCUT2D eigenvalue weighted by molar-refractivity contribution is -0.211. The maximum atomic E-state index is 10.5. The first-order valence-corrected chi connectivity index (χ1v) is 18.0. The average Bonchev–Trinajstić information content (AvgIpc) is 3.50. The minimum Gasteiger partial charge on any atom is -0.457 e. The molecule has 0 amide bonds. The Morgan fingerprint density at radius 1 is 0.932 bits per heavy atom. The number of hydrogen-bond acceptors (Lipinski definition) is 4. The molecule has 4 nitrogen and oxygen atoms in total. The van der Waals surface area contributed by atoms with E-state index < -0.39 is 0 Å². The van der Waals surface area contributed by atoms with Gasteiger partial charge < -0.3 is 14.6 Å². The molecule has 2 saturated heterocycles. The predicted octanol–water partition coefficient (Wildman–Crippen LogP) is 8.15. The highest BCUT2D eigenvalue weighted by atomic mass is 16.5. The Hall–Kier alpha value is -2.14. The van der Waals surface area contributed by atoms with Crippen molar-refractivity contribution in [3.8, 4) is 11.5 Å². The molecule has 7 fully saturated rings. The van der Waals surface area contributed by atoms with E-state index in [2.05, 4.69) is 49.1 Å². The second-order valence-electron chi connectivity index (χ2n) is 17.0. The number of allylic oxidation sites excluding steroid dienone is 1. The third-order valence-electron chi connectivity index (χ3n) is 15.3. The molecule has 12 atom stereocenters. The zero-order valence-electron chi connectivity index (χ0n) is 26.6. The van der Waals surface area contributed by atoms with Crippen molar-refractivity contribution in [1.29, 1.82) is 0 Å². The molecular formula is C40H49NO3. The maximum Gasteiger partial charge on any atom is 0.127 e. The van der Waals surface area contributed by atoms with Crippen LogP contribution < -0.4 is 4.74 Å². The van der Waals surface area contributed by atoms with Gasteiger partial charge in [-0.1, -0.05) is 55.8 Å². The van der Waals surface area contributed by atoms with E-state index >= 15 is 0 Å². The molecule has 44 heavy (non-hydrogen) atoms. The number of likely N-dealkylation sites (tertiary alicyclic amines) is 1. The van der Waals surface area contributed by atoms with Crippen molar-refractivity contribution in [2.75, 3.05) is 6.54 Å². The fraction of sp³-hybridized carbons (Fsp3) is 0.650. The summed E-state index contributed by atoms with van der Waals surface area (Å²) < 4.78 is 13.6. The first-order chi connectivity index (χ1) is 21.3. The highest BCUT2D eigenvalue weighted by molar-refractivity contribution is 5.42. The molecular weight excluding hydrogens is 542 g/mol. The van der Waals surface area contributed by atoms with Gasteiger partial charge in [-0.05, 0) is 129 Å². The quantitative estimate of drug-likeness (QED) is 0.365. The van der Waals surface area contributed by atoms with E-state index in [1.54, 1.807) is 5.57 Å². The Labute approximate surface area is 263 Å². The third kappa shape index (κ3) is 3.36. The van der Waals surface area contributed by atoms with Gasteiger partial charge in [0.1, 0.15) is 11.5 Å². The van der Waals surface area contributed by atoms with Crippen LogP contribution in [0.2, 0.25) is 0 Å². The molecule has 3 unspecified atom stereocenters. The number of aliphatic hydroxyl groups excluding tert-OH is 1. The van der Waals surface area contributed by atoms with Gasteiger partial charge in [0.15, 0.2) is 0 Å². The van der Waals surface area contributed by atoms with Crippen LogP contribution in [0.25, 0.3) is 0 Å². The van der Waals surface area contributed by atoms with E-state index in [4.69, 9.17) is 9.47 Å². The van der Waals surface area contributed by atoms with E-state index in [9.17, 15) is 5.11 Å². The standard InChI is InChI=1S/C40H49NO3/c1-25-18-35-36(41(22-25)23-26-8-11-30(12-9-26)43-29-6-4-3-5-7-29)34-21-39-24-38(39)20-33-31(32(38)15-17-40(34,39)44-35)13-10-27-19-28(42)14-16-37(27,33)2/h3-9,11-12,19,25,28,31-36,42H,10,13-18,20-24H2,1-2H3/t25-,28-,31?,32-,33-,34+,35+,36-,37-,38?,39?,40+/m0/s1. The molecule has 2 heterocycles. The third-order valence-corrected chi connectivity index (χ3v) is 15.3.